The fourth-order valence-corrected chi connectivity index (χ4v) is 3.16. The maximum atomic E-state index is 14.0. The Morgan fingerprint density at radius 1 is 1.19 bits per heavy atom. The predicted molar refractivity (Wildman–Crippen MR) is 87.0 cm³/mol. The minimum atomic E-state index is -1.66. The summed E-state index contributed by atoms with van der Waals surface area (Å²) >= 11 is 0. The van der Waals surface area contributed by atoms with Gasteiger partial charge in [0, 0.05) is 24.2 Å². The van der Waals surface area contributed by atoms with Crippen LogP contribution in [0.1, 0.15) is 31.9 Å². The molecule has 0 aliphatic heterocycles. The lowest BCUT2D eigenvalue weighted by molar-refractivity contribution is -0.147. The first-order valence-corrected chi connectivity index (χ1v) is 8.27. The minimum Gasteiger partial charge on any atom is -0.460 e. The van der Waals surface area contributed by atoms with Crippen LogP contribution in [0.4, 0.5) is 17.6 Å². The number of ether oxygens (including phenoxy) is 1. The summed E-state index contributed by atoms with van der Waals surface area (Å²) in [5, 5.41) is 17.6. The standard InChI is InChI=1S/C19H19F4NO3/c1-9(7-24)6-12-13(19(12,2)3)18(26)27-8-11-16(22)14(20)10(4-5-25)15(21)17(11)23/h6,12-13,25H,4-5,8H2,1-3H3. The molecule has 0 aromatic heterocycles. The summed E-state index contributed by atoms with van der Waals surface area (Å²) in [5.74, 6) is -8.23. The topological polar surface area (TPSA) is 70.3 Å². The Morgan fingerprint density at radius 3 is 2.19 bits per heavy atom. The van der Waals surface area contributed by atoms with E-state index in [1.165, 1.54) is 0 Å². The van der Waals surface area contributed by atoms with E-state index < -0.39 is 71.3 Å². The first-order chi connectivity index (χ1) is 12.6. The Labute approximate surface area is 154 Å². The molecule has 0 heterocycles. The molecule has 2 atom stereocenters. The number of aliphatic hydroxyl groups excluding tert-OH is 1. The Bertz CT molecular complexity index is 813. The molecule has 0 saturated heterocycles. The first kappa shape index (κ1) is 20.9. The zero-order valence-electron chi connectivity index (χ0n) is 15.1. The molecule has 0 bridgehead atoms. The second kappa shape index (κ2) is 7.69. The quantitative estimate of drug-likeness (QED) is 0.352. The summed E-state index contributed by atoms with van der Waals surface area (Å²) < 4.78 is 60.7. The van der Waals surface area contributed by atoms with Crippen molar-refractivity contribution in [1.29, 1.82) is 5.26 Å². The maximum Gasteiger partial charge on any atom is 0.310 e. The summed E-state index contributed by atoms with van der Waals surface area (Å²) in [7, 11) is 0. The normalized spacial score (nSPS) is 20.9. The number of halogens is 4. The second-order valence-corrected chi connectivity index (χ2v) is 7.08. The largest absolute Gasteiger partial charge is 0.460 e. The number of allylic oxidation sites excluding steroid dienone is 2. The Hall–Kier alpha value is -2.40. The lowest BCUT2D eigenvalue weighted by atomic mass is 10.1. The highest BCUT2D eigenvalue weighted by Gasteiger charge is 2.61. The highest BCUT2D eigenvalue weighted by Crippen LogP contribution is 2.59. The third kappa shape index (κ3) is 3.83. The van der Waals surface area contributed by atoms with E-state index in [1.807, 2.05) is 6.07 Å². The van der Waals surface area contributed by atoms with Crippen LogP contribution < -0.4 is 0 Å². The van der Waals surface area contributed by atoms with Gasteiger partial charge in [-0.05, 0) is 18.3 Å². The highest BCUT2D eigenvalue weighted by atomic mass is 19.2. The van der Waals surface area contributed by atoms with E-state index in [0.29, 0.717) is 5.57 Å². The molecule has 1 aromatic carbocycles. The molecule has 2 rings (SSSR count). The number of carbonyl (C=O) groups is 1. The van der Waals surface area contributed by atoms with Crippen molar-refractivity contribution in [2.75, 3.05) is 6.61 Å². The highest BCUT2D eigenvalue weighted by molar-refractivity contribution is 5.78. The van der Waals surface area contributed by atoms with Crippen LogP contribution in [0.5, 0.6) is 0 Å². The van der Waals surface area contributed by atoms with Gasteiger partial charge < -0.3 is 9.84 Å². The number of aliphatic hydroxyl groups is 1. The molecule has 27 heavy (non-hydrogen) atoms. The molecule has 0 radical (unpaired) electrons. The molecule has 2 unspecified atom stereocenters. The zero-order valence-corrected chi connectivity index (χ0v) is 15.1. The molecule has 0 amide bonds. The number of hydrogen-bond acceptors (Lipinski definition) is 4. The van der Waals surface area contributed by atoms with Crippen LogP contribution in [0.2, 0.25) is 0 Å². The summed E-state index contributed by atoms with van der Waals surface area (Å²) in [6.45, 7) is 3.48. The fourth-order valence-electron chi connectivity index (χ4n) is 3.16. The molecule has 1 saturated carbocycles. The van der Waals surface area contributed by atoms with Crippen LogP contribution >= 0.6 is 0 Å². The number of hydrogen-bond donors (Lipinski definition) is 1. The Kier molecular flexibility index (Phi) is 5.95. The van der Waals surface area contributed by atoms with Crippen LogP contribution in [0, 0.1) is 51.9 Å². The van der Waals surface area contributed by atoms with Crippen molar-refractivity contribution in [3.63, 3.8) is 0 Å². The van der Waals surface area contributed by atoms with E-state index in [1.54, 1.807) is 26.8 Å². The average molecular weight is 385 g/mol. The Balaban J connectivity index is 2.18. The van der Waals surface area contributed by atoms with E-state index in [9.17, 15) is 22.4 Å². The fraction of sp³-hybridized carbons (Fsp3) is 0.474. The van der Waals surface area contributed by atoms with Gasteiger partial charge in [0.05, 0.1) is 17.6 Å². The number of nitriles is 1. The molecule has 4 nitrogen and oxygen atoms in total. The summed E-state index contributed by atoms with van der Waals surface area (Å²) in [6, 6.07) is 1.94. The summed E-state index contributed by atoms with van der Waals surface area (Å²) in [4.78, 5) is 12.2. The number of carbonyl (C=O) groups excluding carboxylic acids is 1. The SMILES string of the molecule is CC(C#N)=CC1C(C(=O)OCc2c(F)c(F)c(CCO)c(F)c2F)C1(C)C. The van der Waals surface area contributed by atoms with Gasteiger partial charge in [0.25, 0.3) is 0 Å². The van der Waals surface area contributed by atoms with E-state index in [-0.39, 0.29) is 5.92 Å². The zero-order chi connectivity index (χ0) is 20.5. The van der Waals surface area contributed by atoms with Gasteiger partial charge in [-0.3, -0.25) is 4.79 Å². The number of esters is 1. The maximum absolute atomic E-state index is 14.0. The molecule has 8 heteroatoms. The van der Waals surface area contributed by atoms with Crippen molar-refractivity contribution < 1.29 is 32.2 Å². The molecule has 0 spiro atoms. The smallest absolute Gasteiger partial charge is 0.310 e. The monoisotopic (exact) mass is 385 g/mol. The van der Waals surface area contributed by atoms with Crippen molar-refractivity contribution in [1.82, 2.24) is 0 Å². The first-order valence-electron chi connectivity index (χ1n) is 8.27. The second-order valence-electron chi connectivity index (χ2n) is 7.08. The number of benzene rings is 1. The van der Waals surface area contributed by atoms with E-state index in [2.05, 4.69) is 0 Å². The molecular formula is C19H19F4NO3. The minimum absolute atomic E-state index is 0.278. The molecule has 1 N–H and O–H groups in total. The molecular weight excluding hydrogens is 366 g/mol. The van der Waals surface area contributed by atoms with E-state index in [0.717, 1.165) is 0 Å². The molecule has 1 aliphatic carbocycles. The van der Waals surface area contributed by atoms with Gasteiger partial charge in [-0.15, -0.1) is 0 Å². The Morgan fingerprint density at radius 2 is 1.70 bits per heavy atom. The van der Waals surface area contributed by atoms with Gasteiger partial charge in [0.1, 0.15) is 6.61 Å². The molecule has 1 aliphatic rings. The lowest BCUT2D eigenvalue weighted by Crippen LogP contribution is -2.15. The summed E-state index contributed by atoms with van der Waals surface area (Å²) in [6.07, 6.45) is 1.03. The van der Waals surface area contributed by atoms with Crippen LogP contribution in [-0.2, 0) is 22.6 Å². The van der Waals surface area contributed by atoms with Crippen LogP contribution in [0.3, 0.4) is 0 Å². The van der Waals surface area contributed by atoms with Crippen LogP contribution in [0.25, 0.3) is 0 Å². The van der Waals surface area contributed by atoms with Gasteiger partial charge >= 0.3 is 5.97 Å². The van der Waals surface area contributed by atoms with Crippen molar-refractivity contribution >= 4 is 5.97 Å². The molecule has 1 fully saturated rings. The van der Waals surface area contributed by atoms with Crippen molar-refractivity contribution in [3.8, 4) is 6.07 Å². The van der Waals surface area contributed by atoms with E-state index in [4.69, 9.17) is 15.1 Å². The van der Waals surface area contributed by atoms with Crippen molar-refractivity contribution in [2.24, 2.45) is 17.3 Å². The number of nitrogens with zero attached hydrogens (tertiary/aromatic N) is 1. The van der Waals surface area contributed by atoms with Gasteiger partial charge in [-0.25, -0.2) is 17.6 Å². The van der Waals surface area contributed by atoms with Gasteiger partial charge in [-0.1, -0.05) is 19.9 Å². The van der Waals surface area contributed by atoms with Gasteiger partial charge in [0.15, 0.2) is 23.3 Å². The van der Waals surface area contributed by atoms with Gasteiger partial charge in [-0.2, -0.15) is 5.26 Å². The predicted octanol–water partition coefficient (Wildman–Crippen LogP) is 3.56. The van der Waals surface area contributed by atoms with Crippen molar-refractivity contribution in [3.05, 3.63) is 46.0 Å². The third-order valence-corrected chi connectivity index (χ3v) is 4.94. The van der Waals surface area contributed by atoms with Gasteiger partial charge in [0.2, 0.25) is 0 Å². The average Bonchev–Trinajstić information content (AvgIpc) is 3.16. The molecule has 1 aromatic rings. The summed E-state index contributed by atoms with van der Waals surface area (Å²) in [5.41, 5.74) is -2.01. The third-order valence-electron chi connectivity index (χ3n) is 4.94. The molecule has 146 valence electrons. The van der Waals surface area contributed by atoms with Crippen LogP contribution in [-0.4, -0.2) is 17.7 Å². The number of rotatable bonds is 6. The van der Waals surface area contributed by atoms with E-state index >= 15 is 0 Å². The van der Waals surface area contributed by atoms with Crippen molar-refractivity contribution in [2.45, 2.75) is 33.8 Å². The lowest BCUT2D eigenvalue weighted by Gasteiger charge is -2.12. The van der Waals surface area contributed by atoms with Crippen LogP contribution in [0.15, 0.2) is 11.6 Å².